The summed E-state index contributed by atoms with van der Waals surface area (Å²) in [6.45, 7) is 3.83. The molecule has 0 amide bonds. The molecular weight excluding hydrogens is 205 g/mol. The van der Waals surface area contributed by atoms with Gasteiger partial charge in [-0.05, 0) is 13.3 Å². The van der Waals surface area contributed by atoms with E-state index < -0.39 is 5.72 Å². The Kier molecular flexibility index (Phi) is 3.10. The molecule has 0 heterocycles. The second kappa shape index (κ2) is 2.84. The van der Waals surface area contributed by atoms with Crippen LogP contribution in [0.2, 0.25) is 0 Å². The molecule has 0 aliphatic rings. The summed E-state index contributed by atoms with van der Waals surface area (Å²) in [5.41, 5.74) is 5.06. The van der Waals surface area contributed by atoms with Gasteiger partial charge in [-0.1, -0.05) is 6.92 Å². The highest BCUT2D eigenvalue weighted by Gasteiger charge is 2.12. The lowest BCUT2D eigenvalue weighted by atomic mass is 10.2. The third-order valence-corrected chi connectivity index (χ3v) is 1.88. The van der Waals surface area contributed by atoms with Gasteiger partial charge in [-0.25, -0.2) is 0 Å². The van der Waals surface area contributed by atoms with Gasteiger partial charge in [0.05, 0.1) is 0 Å². The summed E-state index contributed by atoms with van der Waals surface area (Å²) in [5, 5.41) is 0. The van der Waals surface area contributed by atoms with Gasteiger partial charge in [-0.2, -0.15) is 0 Å². The van der Waals surface area contributed by atoms with Crippen LogP contribution in [0.1, 0.15) is 20.3 Å². The Bertz CT molecular complexity index is 49.7. The fourth-order valence-electron chi connectivity index (χ4n) is 0.0546. The minimum atomic E-state index is -0.430. The van der Waals surface area contributed by atoms with E-state index in [0.29, 0.717) is 0 Å². The molecule has 0 aromatic carbocycles. The summed E-state index contributed by atoms with van der Waals surface area (Å²) >= 11 is 1.81. The van der Waals surface area contributed by atoms with Gasteiger partial charge in [0.25, 0.3) is 0 Å². The van der Waals surface area contributed by atoms with Crippen LogP contribution >= 0.6 is 23.0 Å². The molecule has 0 aliphatic heterocycles. The molecule has 0 bridgehead atoms. The van der Waals surface area contributed by atoms with E-state index in [1.54, 1.807) is 23.0 Å². The fourth-order valence-corrected chi connectivity index (χ4v) is 0.366. The van der Waals surface area contributed by atoms with Crippen molar-refractivity contribution in [1.82, 2.24) is 0 Å². The molecule has 0 aromatic heterocycles. The van der Waals surface area contributed by atoms with Crippen molar-refractivity contribution in [3.63, 3.8) is 0 Å². The Morgan fingerprint density at radius 1 is 1.86 bits per heavy atom. The van der Waals surface area contributed by atoms with E-state index in [1.165, 1.54) is 0 Å². The van der Waals surface area contributed by atoms with Gasteiger partial charge in [0.1, 0.15) is 28.7 Å². The molecule has 0 spiro atoms. The van der Waals surface area contributed by atoms with Crippen LogP contribution in [0.3, 0.4) is 0 Å². The maximum atomic E-state index is 5.49. The van der Waals surface area contributed by atoms with Crippen molar-refractivity contribution >= 4 is 23.0 Å². The summed E-state index contributed by atoms with van der Waals surface area (Å²) in [6.07, 6.45) is 0.843. The van der Waals surface area contributed by atoms with Crippen LogP contribution in [-0.4, -0.2) is 5.72 Å². The van der Waals surface area contributed by atoms with Crippen LogP contribution < -0.4 is 5.73 Å². The Balaban J connectivity index is 3.36. The first-order chi connectivity index (χ1) is 3.12. The summed E-state index contributed by atoms with van der Waals surface area (Å²) in [4.78, 5) is 0. The fraction of sp³-hybridized carbons (Fsp3) is 1.00. The molecular formula is C4H10INO. The lowest BCUT2D eigenvalue weighted by Gasteiger charge is -2.17. The summed E-state index contributed by atoms with van der Waals surface area (Å²) < 4.78 is 4.83. The van der Waals surface area contributed by atoms with Crippen molar-refractivity contribution in [2.45, 2.75) is 26.0 Å². The van der Waals surface area contributed by atoms with Crippen molar-refractivity contribution in [2.24, 2.45) is 5.73 Å². The molecule has 0 aromatic rings. The van der Waals surface area contributed by atoms with Gasteiger partial charge in [-0.3, -0.25) is 3.07 Å². The minimum absolute atomic E-state index is 0.430. The van der Waals surface area contributed by atoms with Gasteiger partial charge in [0.2, 0.25) is 0 Å². The Hall–Kier alpha value is 0.650. The first-order valence-electron chi connectivity index (χ1n) is 2.21. The zero-order valence-electron chi connectivity index (χ0n) is 4.57. The minimum Gasteiger partial charge on any atom is -0.303 e. The molecule has 44 valence electrons. The van der Waals surface area contributed by atoms with Gasteiger partial charge >= 0.3 is 0 Å². The number of hydrogen-bond acceptors (Lipinski definition) is 2. The van der Waals surface area contributed by atoms with E-state index >= 15 is 0 Å². The molecule has 1 atom stereocenters. The van der Waals surface area contributed by atoms with E-state index in [2.05, 4.69) is 0 Å². The predicted octanol–water partition coefficient (Wildman–Crippen LogP) is 1.44. The molecule has 0 fully saturated rings. The highest BCUT2D eigenvalue weighted by molar-refractivity contribution is 14.1. The Labute approximate surface area is 58.1 Å². The topological polar surface area (TPSA) is 35.2 Å². The second-order valence-electron chi connectivity index (χ2n) is 1.74. The molecule has 2 N–H and O–H groups in total. The summed E-state index contributed by atoms with van der Waals surface area (Å²) in [7, 11) is 0. The first-order valence-corrected chi connectivity index (χ1v) is 3.09. The van der Waals surface area contributed by atoms with E-state index in [1.807, 2.05) is 13.8 Å². The second-order valence-corrected chi connectivity index (χ2v) is 2.18. The van der Waals surface area contributed by atoms with E-state index in [-0.39, 0.29) is 0 Å². The van der Waals surface area contributed by atoms with Gasteiger partial charge in [0, 0.05) is 0 Å². The van der Waals surface area contributed by atoms with Crippen LogP contribution in [0.25, 0.3) is 0 Å². The zero-order valence-corrected chi connectivity index (χ0v) is 6.73. The Morgan fingerprint density at radius 2 is 2.29 bits per heavy atom. The number of nitrogens with two attached hydrogens (primary N) is 1. The molecule has 0 saturated heterocycles. The maximum absolute atomic E-state index is 5.49. The molecule has 0 aliphatic carbocycles. The lowest BCUT2D eigenvalue weighted by Crippen LogP contribution is -2.35. The van der Waals surface area contributed by atoms with Crippen LogP contribution in [0.4, 0.5) is 0 Å². The van der Waals surface area contributed by atoms with E-state index in [9.17, 15) is 0 Å². The molecule has 7 heavy (non-hydrogen) atoms. The largest absolute Gasteiger partial charge is 0.303 e. The third-order valence-electron chi connectivity index (χ3n) is 0.878. The quantitative estimate of drug-likeness (QED) is 0.558. The summed E-state index contributed by atoms with van der Waals surface area (Å²) in [5.74, 6) is 0. The van der Waals surface area contributed by atoms with Crippen LogP contribution in [0.5, 0.6) is 0 Å². The third kappa shape index (κ3) is 3.25. The van der Waals surface area contributed by atoms with Crippen molar-refractivity contribution in [3.8, 4) is 0 Å². The molecule has 1 unspecified atom stereocenters. The standard InChI is InChI=1S/C4H10INO/c1-3-4(2,6)7-5/h3,6H2,1-2H3. The normalized spacial score (nSPS) is 18.9. The molecule has 0 rings (SSSR count). The zero-order chi connectivity index (χ0) is 5.91. The number of rotatable bonds is 2. The summed E-state index contributed by atoms with van der Waals surface area (Å²) in [6, 6.07) is 0. The van der Waals surface area contributed by atoms with Crippen LogP contribution in [-0.2, 0) is 3.07 Å². The Morgan fingerprint density at radius 3 is 2.29 bits per heavy atom. The maximum Gasteiger partial charge on any atom is 0.125 e. The molecule has 3 heteroatoms. The predicted molar refractivity (Wildman–Crippen MR) is 38.0 cm³/mol. The SMILES string of the molecule is CCC(C)(N)OI. The van der Waals surface area contributed by atoms with E-state index in [0.717, 1.165) is 6.42 Å². The molecule has 0 radical (unpaired) electrons. The molecule has 2 nitrogen and oxygen atoms in total. The van der Waals surface area contributed by atoms with Crippen molar-refractivity contribution in [3.05, 3.63) is 0 Å². The lowest BCUT2D eigenvalue weighted by molar-refractivity contribution is 0.153. The van der Waals surface area contributed by atoms with Crippen LogP contribution in [0.15, 0.2) is 0 Å². The highest BCUT2D eigenvalue weighted by atomic mass is 127. The van der Waals surface area contributed by atoms with Gasteiger partial charge in [-0.15, -0.1) is 0 Å². The van der Waals surface area contributed by atoms with Crippen molar-refractivity contribution in [1.29, 1.82) is 0 Å². The highest BCUT2D eigenvalue weighted by Crippen LogP contribution is 2.09. The van der Waals surface area contributed by atoms with Crippen molar-refractivity contribution < 1.29 is 3.07 Å². The average molecular weight is 215 g/mol. The van der Waals surface area contributed by atoms with Gasteiger partial charge in [0.15, 0.2) is 0 Å². The van der Waals surface area contributed by atoms with Crippen molar-refractivity contribution in [2.75, 3.05) is 0 Å². The van der Waals surface area contributed by atoms with E-state index in [4.69, 9.17) is 8.80 Å². The van der Waals surface area contributed by atoms with Gasteiger partial charge < -0.3 is 5.73 Å². The number of halogens is 1. The van der Waals surface area contributed by atoms with Crippen LogP contribution in [0, 0.1) is 0 Å². The number of hydrogen-bond donors (Lipinski definition) is 1. The molecule has 0 saturated carbocycles. The monoisotopic (exact) mass is 215 g/mol. The average Bonchev–Trinajstić information content (AvgIpc) is 1.68. The first kappa shape index (κ1) is 7.65. The smallest absolute Gasteiger partial charge is 0.125 e.